The summed E-state index contributed by atoms with van der Waals surface area (Å²) in [6.07, 6.45) is 0.752. The van der Waals surface area contributed by atoms with Crippen LogP contribution in [0.25, 0.3) is 16.7 Å². The quantitative estimate of drug-likeness (QED) is 0.249. The zero-order valence-corrected chi connectivity index (χ0v) is 21.8. The third kappa shape index (κ3) is 5.13. The van der Waals surface area contributed by atoms with Gasteiger partial charge in [-0.3, -0.25) is 9.59 Å². The molecule has 0 amide bonds. The first kappa shape index (κ1) is 24.7. The Balaban J connectivity index is 1.74. The Morgan fingerprint density at radius 2 is 1.49 bits per heavy atom. The molecule has 1 aromatic heterocycles. The van der Waals surface area contributed by atoms with Gasteiger partial charge in [0.2, 0.25) is 0 Å². The molecule has 2 N–H and O–H groups in total. The molecule has 0 atom stereocenters. The number of aliphatic hydroxyl groups is 1. The van der Waals surface area contributed by atoms with Gasteiger partial charge in [-0.25, -0.2) is 0 Å². The van der Waals surface area contributed by atoms with Crippen molar-refractivity contribution in [3.63, 3.8) is 0 Å². The molecule has 4 nitrogen and oxygen atoms in total. The zero-order valence-electron chi connectivity index (χ0n) is 21.0. The van der Waals surface area contributed by atoms with Gasteiger partial charge >= 0.3 is 0 Å². The molecule has 1 heterocycles. The second kappa shape index (κ2) is 10.2. The second-order valence-electron chi connectivity index (χ2n) is 10.2. The number of carbonyl (C=O) groups excluding carboxylic acids is 2. The molecule has 186 valence electrons. The van der Waals surface area contributed by atoms with Crippen molar-refractivity contribution in [3.8, 4) is 11.1 Å². The third-order valence-electron chi connectivity index (χ3n) is 6.61. The Hall–Kier alpha value is -3.96. The molecular formula is C32H29NO3S. The van der Waals surface area contributed by atoms with Crippen LogP contribution in [0.2, 0.25) is 0 Å². The van der Waals surface area contributed by atoms with Crippen LogP contribution in [0.1, 0.15) is 53.1 Å². The molecule has 5 heteroatoms. The number of allylic oxidation sites excluding steroid dienone is 2. The molecule has 0 aliphatic heterocycles. The molecule has 3 aromatic carbocycles. The number of hydrogen-bond acceptors (Lipinski definition) is 5. The summed E-state index contributed by atoms with van der Waals surface area (Å²) in [6, 6.07) is 28.8. The van der Waals surface area contributed by atoms with E-state index in [2.05, 4.69) is 5.32 Å². The maximum atomic E-state index is 14.0. The first-order chi connectivity index (χ1) is 17.8. The molecule has 0 spiro atoms. The van der Waals surface area contributed by atoms with Crippen molar-refractivity contribution in [1.29, 1.82) is 0 Å². The highest BCUT2D eigenvalue weighted by Gasteiger charge is 2.37. The van der Waals surface area contributed by atoms with E-state index in [4.69, 9.17) is 0 Å². The summed E-state index contributed by atoms with van der Waals surface area (Å²) in [6.45, 7) is 4.50. The minimum atomic E-state index is -0.314. The zero-order chi connectivity index (χ0) is 26.0. The Labute approximate surface area is 221 Å². The highest BCUT2D eigenvalue weighted by Crippen LogP contribution is 2.49. The molecule has 37 heavy (non-hydrogen) atoms. The van der Waals surface area contributed by atoms with E-state index in [-0.39, 0.29) is 22.7 Å². The van der Waals surface area contributed by atoms with E-state index in [1.807, 2.05) is 92.7 Å². The average Bonchev–Trinajstić information content (AvgIpc) is 3.26. The van der Waals surface area contributed by atoms with Crippen molar-refractivity contribution in [2.24, 2.45) is 5.41 Å². The number of benzene rings is 3. The predicted molar refractivity (Wildman–Crippen MR) is 151 cm³/mol. The summed E-state index contributed by atoms with van der Waals surface area (Å²) >= 11 is 1.37. The molecule has 0 fully saturated rings. The first-order valence-corrected chi connectivity index (χ1v) is 13.2. The van der Waals surface area contributed by atoms with Gasteiger partial charge in [0.1, 0.15) is 10.8 Å². The Morgan fingerprint density at radius 3 is 2.11 bits per heavy atom. The standard InChI is InChI=1S/C32H29NO3S/c1-32(2)18-24(34)27(25(35)19-32)30-26(22-14-8-4-9-15-22)28(29(36)23-16-10-5-11-17-23)31(37-30)33-20-21-12-6-3-7-13-21/h3-17,33-34H,18-20H2,1-2H3. The van der Waals surface area contributed by atoms with Gasteiger partial charge in [-0.1, -0.05) is 105 Å². The van der Waals surface area contributed by atoms with Crippen LogP contribution < -0.4 is 5.32 Å². The van der Waals surface area contributed by atoms with Crippen molar-refractivity contribution in [1.82, 2.24) is 0 Å². The summed E-state index contributed by atoms with van der Waals surface area (Å²) in [7, 11) is 0. The lowest BCUT2D eigenvalue weighted by molar-refractivity contribution is -0.116. The lowest BCUT2D eigenvalue weighted by atomic mass is 9.75. The Bertz CT molecular complexity index is 1470. The van der Waals surface area contributed by atoms with Crippen LogP contribution in [0.5, 0.6) is 0 Å². The fourth-order valence-electron chi connectivity index (χ4n) is 4.89. The van der Waals surface area contributed by atoms with Gasteiger partial charge in [-0.05, 0) is 16.5 Å². The maximum Gasteiger partial charge on any atom is 0.196 e. The molecule has 1 aliphatic rings. The topological polar surface area (TPSA) is 66.4 Å². The number of aliphatic hydroxyl groups excluding tert-OH is 1. The molecule has 0 saturated heterocycles. The van der Waals surface area contributed by atoms with Gasteiger partial charge in [0.15, 0.2) is 11.6 Å². The van der Waals surface area contributed by atoms with Gasteiger partial charge < -0.3 is 10.4 Å². The smallest absolute Gasteiger partial charge is 0.196 e. The lowest BCUT2D eigenvalue weighted by Gasteiger charge is -2.29. The lowest BCUT2D eigenvalue weighted by Crippen LogP contribution is -2.25. The van der Waals surface area contributed by atoms with Gasteiger partial charge in [0, 0.05) is 30.5 Å². The van der Waals surface area contributed by atoms with Crippen molar-refractivity contribution in [2.75, 3.05) is 5.32 Å². The highest BCUT2D eigenvalue weighted by atomic mass is 32.1. The van der Waals surface area contributed by atoms with Crippen molar-refractivity contribution < 1.29 is 14.7 Å². The fourth-order valence-corrected chi connectivity index (χ4v) is 6.19. The van der Waals surface area contributed by atoms with Crippen LogP contribution in [-0.2, 0) is 11.3 Å². The average molecular weight is 508 g/mol. The normalized spacial score (nSPS) is 15.0. The fraction of sp³-hybridized carbons (Fsp3) is 0.188. The summed E-state index contributed by atoms with van der Waals surface area (Å²) in [5.41, 5.74) is 3.70. The number of nitrogens with one attached hydrogen (secondary N) is 1. The maximum absolute atomic E-state index is 14.0. The summed E-state index contributed by atoms with van der Waals surface area (Å²) in [4.78, 5) is 28.1. The molecular weight excluding hydrogens is 478 g/mol. The predicted octanol–water partition coefficient (Wildman–Crippen LogP) is 7.92. The van der Waals surface area contributed by atoms with Gasteiger partial charge in [-0.2, -0.15) is 0 Å². The number of ketones is 2. The van der Waals surface area contributed by atoms with Crippen LogP contribution in [0.3, 0.4) is 0 Å². The van der Waals surface area contributed by atoms with E-state index < -0.39 is 0 Å². The molecule has 0 unspecified atom stereocenters. The first-order valence-electron chi connectivity index (χ1n) is 12.4. The number of anilines is 1. The minimum Gasteiger partial charge on any atom is -0.511 e. The number of hydrogen-bond donors (Lipinski definition) is 2. The number of Topliss-reactive ketones (excluding diaryl/α,β-unsaturated/α-hetero) is 1. The molecule has 1 aliphatic carbocycles. The molecule has 0 radical (unpaired) electrons. The van der Waals surface area contributed by atoms with Gasteiger partial charge in [0.25, 0.3) is 0 Å². The van der Waals surface area contributed by atoms with Crippen LogP contribution >= 0.6 is 11.3 Å². The van der Waals surface area contributed by atoms with Crippen LogP contribution in [0.4, 0.5) is 5.00 Å². The largest absolute Gasteiger partial charge is 0.511 e. The van der Waals surface area contributed by atoms with E-state index in [9.17, 15) is 14.7 Å². The van der Waals surface area contributed by atoms with E-state index in [1.54, 1.807) is 12.1 Å². The summed E-state index contributed by atoms with van der Waals surface area (Å²) in [5.74, 6) is -0.130. The monoisotopic (exact) mass is 507 g/mol. The van der Waals surface area contributed by atoms with E-state index in [0.717, 1.165) is 11.1 Å². The Morgan fingerprint density at radius 1 is 0.892 bits per heavy atom. The molecule has 5 rings (SSSR count). The number of rotatable bonds is 7. The highest BCUT2D eigenvalue weighted by molar-refractivity contribution is 7.18. The summed E-state index contributed by atoms with van der Waals surface area (Å²) < 4.78 is 0. The van der Waals surface area contributed by atoms with Crippen molar-refractivity contribution in [2.45, 2.75) is 33.2 Å². The molecule has 4 aromatic rings. The second-order valence-corrected chi connectivity index (χ2v) is 11.2. The Kier molecular flexibility index (Phi) is 6.81. The third-order valence-corrected chi connectivity index (χ3v) is 7.77. The van der Waals surface area contributed by atoms with E-state index in [0.29, 0.717) is 51.5 Å². The van der Waals surface area contributed by atoms with Crippen molar-refractivity contribution in [3.05, 3.63) is 118 Å². The van der Waals surface area contributed by atoms with E-state index >= 15 is 0 Å². The minimum absolute atomic E-state index is 0.0907. The van der Waals surface area contributed by atoms with Crippen LogP contribution in [-0.4, -0.2) is 16.7 Å². The van der Waals surface area contributed by atoms with Crippen LogP contribution in [0.15, 0.2) is 96.8 Å². The number of thiophene rings is 1. The van der Waals surface area contributed by atoms with E-state index in [1.165, 1.54) is 11.3 Å². The molecule has 0 bridgehead atoms. The van der Waals surface area contributed by atoms with Crippen LogP contribution in [0, 0.1) is 5.41 Å². The van der Waals surface area contributed by atoms with Gasteiger partial charge in [-0.15, -0.1) is 11.3 Å². The van der Waals surface area contributed by atoms with Crippen molar-refractivity contribution >= 4 is 33.5 Å². The number of carbonyl (C=O) groups is 2. The summed E-state index contributed by atoms with van der Waals surface area (Å²) in [5, 5.41) is 15.3. The SMILES string of the molecule is CC1(C)CC(=O)C(c2sc(NCc3ccccc3)c(C(=O)c3ccccc3)c2-c2ccccc2)=C(O)C1. The molecule has 0 saturated carbocycles. The van der Waals surface area contributed by atoms with Gasteiger partial charge in [0.05, 0.1) is 16.0 Å².